The fourth-order valence-electron chi connectivity index (χ4n) is 3.62. The molecule has 2 heterocycles. The predicted molar refractivity (Wildman–Crippen MR) is 101 cm³/mol. The number of carbonyl (C=O) groups is 1. The maximum absolute atomic E-state index is 12.7. The Morgan fingerprint density at radius 1 is 1.28 bits per heavy atom. The van der Waals surface area contributed by atoms with Crippen LogP contribution in [0.4, 0.5) is 5.82 Å². The average Bonchev–Trinajstić information content (AvgIpc) is 2.62. The smallest absolute Gasteiger partial charge is 0.272 e. The Kier molecular flexibility index (Phi) is 6.05. The van der Waals surface area contributed by atoms with Crippen molar-refractivity contribution in [2.24, 2.45) is 5.92 Å². The van der Waals surface area contributed by atoms with E-state index in [0.29, 0.717) is 17.4 Å². The van der Waals surface area contributed by atoms with E-state index in [0.717, 1.165) is 44.7 Å². The topological polar surface area (TPSA) is 58.1 Å². The van der Waals surface area contributed by atoms with E-state index in [-0.39, 0.29) is 5.91 Å². The van der Waals surface area contributed by atoms with E-state index in [9.17, 15) is 4.79 Å². The van der Waals surface area contributed by atoms with Crippen LogP contribution in [0.5, 0.6) is 0 Å². The molecule has 1 aromatic rings. The quantitative estimate of drug-likeness (QED) is 0.823. The Bertz CT molecular complexity index is 633. The summed E-state index contributed by atoms with van der Waals surface area (Å²) in [5.41, 5.74) is 2.06. The van der Waals surface area contributed by atoms with Crippen molar-refractivity contribution in [3.05, 3.63) is 29.2 Å². The summed E-state index contributed by atoms with van der Waals surface area (Å²) in [5.74, 6) is 2.16. The Labute approximate surface area is 150 Å². The molecule has 5 heteroatoms. The number of piperidine rings is 1. The summed E-state index contributed by atoms with van der Waals surface area (Å²) >= 11 is 0. The highest BCUT2D eigenvalue weighted by Gasteiger charge is 2.23. The van der Waals surface area contributed by atoms with E-state index >= 15 is 0 Å². The summed E-state index contributed by atoms with van der Waals surface area (Å²) in [5, 5.41) is 3.38. The van der Waals surface area contributed by atoms with Crippen molar-refractivity contribution in [3.63, 3.8) is 0 Å². The number of aryl methyl sites for hydroxylation is 1. The second kappa shape index (κ2) is 8.45. The second-order valence-electron chi connectivity index (χ2n) is 7.45. The lowest BCUT2D eigenvalue weighted by Crippen LogP contribution is -2.38. The minimum atomic E-state index is 0.0374. The van der Waals surface area contributed by atoms with Crippen molar-refractivity contribution in [1.29, 1.82) is 0 Å². The molecule has 0 spiro atoms. The average molecular weight is 342 g/mol. The number of amides is 1. The van der Waals surface area contributed by atoms with Gasteiger partial charge < -0.3 is 10.2 Å². The molecule has 136 valence electrons. The zero-order valence-electron chi connectivity index (χ0n) is 15.6. The zero-order chi connectivity index (χ0) is 17.6. The SMILES string of the molecule is Cc1nc(NCCC2=CCCCC2)cc(C(=O)N2CCC(C)CC2)n1. The molecule has 25 heavy (non-hydrogen) atoms. The Hall–Kier alpha value is -1.91. The third-order valence-electron chi connectivity index (χ3n) is 5.27. The standard InChI is InChI=1S/C20H30N4O/c1-15-9-12-24(13-10-15)20(25)18-14-19(23-16(2)22-18)21-11-8-17-6-4-3-5-7-17/h6,14-15H,3-5,7-13H2,1-2H3,(H,21,22,23). The number of allylic oxidation sites excluding steroid dienone is 1. The molecule has 0 bridgehead atoms. The highest BCUT2D eigenvalue weighted by molar-refractivity contribution is 5.93. The summed E-state index contributed by atoms with van der Waals surface area (Å²) in [4.78, 5) is 23.5. The van der Waals surface area contributed by atoms with Gasteiger partial charge in [-0.05, 0) is 57.8 Å². The van der Waals surface area contributed by atoms with Crippen LogP contribution in [0.15, 0.2) is 17.7 Å². The van der Waals surface area contributed by atoms with Crippen LogP contribution in [0.2, 0.25) is 0 Å². The molecule has 1 amide bonds. The van der Waals surface area contributed by atoms with Crippen LogP contribution in [0.3, 0.4) is 0 Å². The molecule has 0 unspecified atom stereocenters. The van der Waals surface area contributed by atoms with Gasteiger partial charge >= 0.3 is 0 Å². The fraction of sp³-hybridized carbons (Fsp3) is 0.650. The number of nitrogens with zero attached hydrogens (tertiary/aromatic N) is 3. The Morgan fingerprint density at radius 2 is 2.08 bits per heavy atom. The predicted octanol–water partition coefficient (Wildman–Crippen LogP) is 3.96. The largest absolute Gasteiger partial charge is 0.370 e. The second-order valence-corrected chi connectivity index (χ2v) is 7.45. The lowest BCUT2D eigenvalue weighted by molar-refractivity contribution is 0.0691. The van der Waals surface area contributed by atoms with Crippen LogP contribution in [-0.2, 0) is 0 Å². The molecular formula is C20H30N4O. The lowest BCUT2D eigenvalue weighted by Gasteiger charge is -2.30. The summed E-state index contributed by atoms with van der Waals surface area (Å²) in [7, 11) is 0. The van der Waals surface area contributed by atoms with Crippen LogP contribution >= 0.6 is 0 Å². The van der Waals surface area contributed by atoms with Gasteiger partial charge in [0.1, 0.15) is 17.3 Å². The molecule has 5 nitrogen and oxygen atoms in total. The van der Waals surface area contributed by atoms with Gasteiger partial charge in [0.25, 0.3) is 5.91 Å². The number of likely N-dealkylation sites (tertiary alicyclic amines) is 1. The van der Waals surface area contributed by atoms with Crippen molar-refractivity contribution in [2.45, 2.75) is 58.8 Å². The first-order valence-corrected chi connectivity index (χ1v) is 9.68. The molecular weight excluding hydrogens is 312 g/mol. The molecule has 1 aliphatic carbocycles. The van der Waals surface area contributed by atoms with Gasteiger partial charge in [-0.3, -0.25) is 4.79 Å². The van der Waals surface area contributed by atoms with Gasteiger partial charge in [-0.2, -0.15) is 0 Å². The number of hydrogen-bond donors (Lipinski definition) is 1. The first-order valence-electron chi connectivity index (χ1n) is 9.68. The van der Waals surface area contributed by atoms with Gasteiger partial charge in [-0.1, -0.05) is 18.6 Å². The number of anilines is 1. The van der Waals surface area contributed by atoms with Gasteiger partial charge in [0.15, 0.2) is 0 Å². The number of rotatable bonds is 5. The minimum absolute atomic E-state index is 0.0374. The molecule has 1 N–H and O–H groups in total. The summed E-state index contributed by atoms with van der Waals surface area (Å²) in [6.45, 7) is 6.63. The van der Waals surface area contributed by atoms with E-state index in [1.807, 2.05) is 17.9 Å². The van der Waals surface area contributed by atoms with Gasteiger partial charge in [0, 0.05) is 25.7 Å². The molecule has 2 aliphatic rings. The zero-order valence-corrected chi connectivity index (χ0v) is 15.6. The van der Waals surface area contributed by atoms with E-state index in [1.165, 1.54) is 25.7 Å². The van der Waals surface area contributed by atoms with Crippen molar-refractivity contribution < 1.29 is 4.79 Å². The highest BCUT2D eigenvalue weighted by atomic mass is 16.2. The first-order chi connectivity index (χ1) is 12.1. The normalized spacial score (nSPS) is 18.8. The number of carbonyl (C=O) groups excluding carboxylic acids is 1. The highest BCUT2D eigenvalue weighted by Crippen LogP contribution is 2.21. The first kappa shape index (κ1) is 17.9. The van der Waals surface area contributed by atoms with E-state index < -0.39 is 0 Å². The fourth-order valence-corrected chi connectivity index (χ4v) is 3.62. The number of nitrogens with one attached hydrogen (secondary N) is 1. The Morgan fingerprint density at radius 3 is 2.80 bits per heavy atom. The molecule has 0 radical (unpaired) electrons. The van der Waals surface area contributed by atoms with Gasteiger partial charge in [-0.15, -0.1) is 0 Å². The van der Waals surface area contributed by atoms with Gasteiger partial charge in [-0.25, -0.2) is 9.97 Å². The third kappa shape index (κ3) is 5.03. The van der Waals surface area contributed by atoms with Crippen molar-refractivity contribution >= 4 is 11.7 Å². The minimum Gasteiger partial charge on any atom is -0.370 e. The molecule has 0 aromatic carbocycles. The van der Waals surface area contributed by atoms with Gasteiger partial charge in [0.2, 0.25) is 0 Å². The molecule has 3 rings (SSSR count). The molecule has 0 saturated carbocycles. The third-order valence-corrected chi connectivity index (χ3v) is 5.27. The molecule has 1 aromatic heterocycles. The van der Waals surface area contributed by atoms with E-state index in [2.05, 4.69) is 28.3 Å². The molecule has 1 fully saturated rings. The van der Waals surface area contributed by atoms with Crippen LogP contribution in [-0.4, -0.2) is 40.4 Å². The monoisotopic (exact) mass is 342 g/mol. The molecule has 0 atom stereocenters. The van der Waals surface area contributed by atoms with Crippen molar-refractivity contribution in [1.82, 2.24) is 14.9 Å². The summed E-state index contributed by atoms with van der Waals surface area (Å²) in [6.07, 6.45) is 10.7. The van der Waals surface area contributed by atoms with Crippen LogP contribution in [0, 0.1) is 12.8 Å². The number of aromatic nitrogens is 2. The lowest BCUT2D eigenvalue weighted by atomic mass is 9.97. The molecule has 1 aliphatic heterocycles. The van der Waals surface area contributed by atoms with Crippen LogP contribution in [0.25, 0.3) is 0 Å². The Balaban J connectivity index is 1.59. The maximum Gasteiger partial charge on any atom is 0.272 e. The van der Waals surface area contributed by atoms with E-state index in [1.54, 1.807) is 5.57 Å². The van der Waals surface area contributed by atoms with Crippen molar-refractivity contribution in [2.75, 3.05) is 25.0 Å². The summed E-state index contributed by atoms with van der Waals surface area (Å²) in [6, 6.07) is 1.81. The number of hydrogen-bond acceptors (Lipinski definition) is 4. The molecule has 1 saturated heterocycles. The van der Waals surface area contributed by atoms with Crippen LogP contribution < -0.4 is 5.32 Å². The summed E-state index contributed by atoms with van der Waals surface area (Å²) < 4.78 is 0. The van der Waals surface area contributed by atoms with Crippen molar-refractivity contribution in [3.8, 4) is 0 Å². The van der Waals surface area contributed by atoms with E-state index in [4.69, 9.17) is 0 Å². The maximum atomic E-state index is 12.7. The van der Waals surface area contributed by atoms with Gasteiger partial charge in [0.05, 0.1) is 0 Å². The van der Waals surface area contributed by atoms with Crippen LogP contribution in [0.1, 0.15) is 68.2 Å².